The second-order valence-electron chi connectivity index (χ2n) is 10.00. The molecular weight excluding hydrogens is 376 g/mol. The zero-order valence-corrected chi connectivity index (χ0v) is 19.0. The fourth-order valence-corrected chi connectivity index (χ4v) is 6.69. The summed E-state index contributed by atoms with van der Waals surface area (Å²) in [5.41, 5.74) is 7.73. The molecule has 2 saturated carbocycles. The van der Waals surface area contributed by atoms with Crippen LogP contribution >= 0.6 is 0 Å². The van der Waals surface area contributed by atoms with E-state index in [2.05, 4.69) is 71.5 Å². The number of imidazole rings is 1. The molecule has 1 aromatic heterocycles. The summed E-state index contributed by atoms with van der Waals surface area (Å²) in [5.74, 6) is 2.31. The first-order valence-corrected chi connectivity index (χ1v) is 12.5. The topological polar surface area (TPSA) is 8.81 Å². The van der Waals surface area contributed by atoms with E-state index in [0.717, 1.165) is 0 Å². The van der Waals surface area contributed by atoms with Crippen LogP contribution in [-0.4, -0.2) is 4.57 Å². The molecule has 2 heterocycles. The number of aryl methyl sites for hydroxylation is 1. The lowest BCUT2D eigenvalue weighted by Crippen LogP contribution is -2.46. The lowest BCUT2D eigenvalue weighted by Gasteiger charge is -2.28. The van der Waals surface area contributed by atoms with Gasteiger partial charge in [-0.25, -0.2) is 4.57 Å². The van der Waals surface area contributed by atoms with Crippen molar-refractivity contribution in [1.82, 2.24) is 4.57 Å². The van der Waals surface area contributed by atoms with Gasteiger partial charge in [0.2, 0.25) is 0 Å². The Hall–Kier alpha value is -2.35. The minimum Gasteiger partial charge on any atom is -0.219 e. The highest BCUT2D eigenvalue weighted by atomic mass is 15.2. The van der Waals surface area contributed by atoms with Crippen molar-refractivity contribution < 1.29 is 5.94 Å². The third-order valence-electron chi connectivity index (χ3n) is 8.13. The molecule has 2 heteroatoms. The van der Waals surface area contributed by atoms with E-state index in [1.54, 1.807) is 0 Å². The van der Waals surface area contributed by atoms with Gasteiger partial charge in [0.05, 0.1) is 7.29 Å². The maximum Gasteiger partial charge on any atom is 0.266 e. The third-order valence-corrected chi connectivity index (χ3v) is 8.13. The number of para-hydroxylation sites is 1. The summed E-state index contributed by atoms with van der Waals surface area (Å²) < 4.78 is 15.3. The van der Waals surface area contributed by atoms with Crippen LogP contribution in [-0.2, 0) is 0 Å². The van der Waals surface area contributed by atoms with Crippen LogP contribution in [0.5, 0.6) is 0 Å². The molecule has 2 aliphatic carbocycles. The first-order valence-electron chi connectivity index (χ1n) is 13.0. The Kier molecular flexibility index (Phi) is 4.50. The van der Waals surface area contributed by atoms with E-state index in [9.17, 15) is 1.37 Å². The Morgan fingerprint density at radius 3 is 2.29 bits per heavy atom. The van der Waals surface area contributed by atoms with E-state index in [0.29, 0.717) is 11.8 Å². The molecule has 0 amide bonds. The Balaban J connectivity index is 1.69. The molecule has 3 aliphatic rings. The highest BCUT2D eigenvalue weighted by Gasteiger charge is 2.47. The third kappa shape index (κ3) is 2.94. The fourth-order valence-electron chi connectivity index (χ4n) is 6.69. The van der Waals surface area contributed by atoms with Crippen molar-refractivity contribution in [1.29, 1.82) is 0 Å². The molecule has 2 fully saturated rings. The van der Waals surface area contributed by atoms with E-state index in [1.807, 2.05) is 0 Å². The zero-order valence-electron chi connectivity index (χ0n) is 20.0. The Morgan fingerprint density at radius 1 is 0.839 bits per heavy atom. The van der Waals surface area contributed by atoms with Crippen LogP contribution in [0, 0.1) is 19.8 Å². The zero-order chi connectivity index (χ0) is 21.9. The van der Waals surface area contributed by atoms with E-state index >= 15 is 0 Å². The van der Waals surface area contributed by atoms with E-state index in [-0.39, 0.29) is 0 Å². The molecule has 1 atom stereocenters. The maximum absolute atomic E-state index is 10.2. The maximum atomic E-state index is 10.2. The molecule has 0 saturated heterocycles. The second kappa shape index (κ2) is 7.65. The highest BCUT2D eigenvalue weighted by molar-refractivity contribution is 5.68. The van der Waals surface area contributed by atoms with Crippen molar-refractivity contribution in [3.8, 4) is 16.9 Å². The van der Waals surface area contributed by atoms with Gasteiger partial charge in [0, 0.05) is 24.0 Å². The first kappa shape index (κ1) is 18.2. The molecular formula is C29H35N2+. The van der Waals surface area contributed by atoms with Gasteiger partial charge in [0.25, 0.3) is 5.82 Å². The van der Waals surface area contributed by atoms with Gasteiger partial charge in [-0.15, -0.1) is 0 Å². The lowest BCUT2D eigenvalue weighted by atomic mass is 9.81. The van der Waals surface area contributed by atoms with Crippen molar-refractivity contribution in [2.75, 3.05) is 0 Å². The molecule has 0 bridgehead atoms. The summed E-state index contributed by atoms with van der Waals surface area (Å²) in [7, 11) is 0. The summed E-state index contributed by atoms with van der Waals surface area (Å²) >= 11 is 0. The molecule has 1 aliphatic heterocycles. The van der Waals surface area contributed by atoms with Crippen LogP contribution in [0.4, 0.5) is 0 Å². The molecule has 2 aromatic carbocycles. The lowest BCUT2D eigenvalue weighted by molar-refractivity contribution is -0.713. The second-order valence-corrected chi connectivity index (χ2v) is 10.00. The molecule has 31 heavy (non-hydrogen) atoms. The quantitative estimate of drug-likeness (QED) is 0.403. The predicted molar refractivity (Wildman–Crippen MR) is 127 cm³/mol. The van der Waals surface area contributed by atoms with Gasteiger partial charge >= 0.3 is 0 Å². The smallest absolute Gasteiger partial charge is 0.219 e. The first-order chi connectivity index (χ1) is 15.6. The van der Waals surface area contributed by atoms with Gasteiger partial charge in [0.15, 0.2) is 11.4 Å². The van der Waals surface area contributed by atoms with Crippen LogP contribution in [0.15, 0.2) is 48.5 Å². The normalized spacial score (nSPS) is 24.3. The number of nitrogens with zero attached hydrogens (tertiary/aromatic N) is 2. The van der Waals surface area contributed by atoms with E-state index < -0.39 is 6.02 Å². The molecule has 160 valence electrons. The molecule has 6 rings (SSSR count). The van der Waals surface area contributed by atoms with Crippen molar-refractivity contribution in [3.05, 3.63) is 71.2 Å². The van der Waals surface area contributed by atoms with Crippen molar-refractivity contribution >= 4 is 0 Å². The van der Waals surface area contributed by atoms with Crippen LogP contribution in [0.2, 0.25) is 0 Å². The Labute approximate surface area is 188 Å². The number of benzene rings is 2. The molecule has 1 unspecified atom stereocenters. The minimum atomic E-state index is -0.692. The van der Waals surface area contributed by atoms with Crippen molar-refractivity contribution in [2.45, 2.75) is 83.6 Å². The van der Waals surface area contributed by atoms with Gasteiger partial charge in [-0.05, 0) is 44.2 Å². The van der Waals surface area contributed by atoms with Gasteiger partial charge in [-0.2, -0.15) is 4.57 Å². The van der Waals surface area contributed by atoms with Crippen LogP contribution < -0.4 is 4.57 Å². The SMILES string of the molecule is [2H]C1(C2CCCCC2)c2ccccc2-c2c(C)n(-c3ccccc3C)c(C3CCCC3)[n+]21. The molecule has 3 aromatic rings. The molecule has 0 spiro atoms. The van der Waals surface area contributed by atoms with Crippen LogP contribution in [0.3, 0.4) is 0 Å². The summed E-state index contributed by atoms with van der Waals surface area (Å²) in [4.78, 5) is 0. The van der Waals surface area contributed by atoms with E-state index in [1.165, 1.54) is 97.4 Å². The summed E-state index contributed by atoms with van der Waals surface area (Å²) in [6.45, 7) is 4.52. The molecule has 2 nitrogen and oxygen atoms in total. The monoisotopic (exact) mass is 412 g/mol. The number of hydrogen-bond acceptors (Lipinski definition) is 0. The average molecular weight is 413 g/mol. The van der Waals surface area contributed by atoms with Gasteiger partial charge < -0.3 is 0 Å². The number of rotatable bonds is 3. The highest BCUT2D eigenvalue weighted by Crippen LogP contribution is 2.47. The largest absolute Gasteiger partial charge is 0.266 e. The van der Waals surface area contributed by atoms with Crippen LogP contribution in [0.25, 0.3) is 16.9 Å². The summed E-state index contributed by atoms with van der Waals surface area (Å²) in [6.07, 6.45) is 11.3. The number of fused-ring (bicyclic) bond motifs is 3. The van der Waals surface area contributed by atoms with Gasteiger partial charge in [-0.1, -0.05) is 74.6 Å². The van der Waals surface area contributed by atoms with E-state index in [4.69, 9.17) is 0 Å². The minimum absolute atomic E-state index is 0.385. The Morgan fingerprint density at radius 2 is 1.52 bits per heavy atom. The fraction of sp³-hybridized carbons (Fsp3) is 0.483. The molecule has 0 N–H and O–H groups in total. The van der Waals surface area contributed by atoms with Crippen LogP contribution in [0.1, 0.15) is 93.7 Å². The standard InChI is InChI=1S/C29H35N2/c1-20-12-6-11-19-26(20)30-21(2)27-24-17-9-10-18-25(24)28(22-13-4-3-5-14-22)31(27)29(30)23-15-7-8-16-23/h6,9-12,17-19,22-23,28H,3-5,7-8,13-16H2,1-2H3/q+1/i28D. The average Bonchev–Trinajstić information content (AvgIpc) is 3.52. The molecule has 0 radical (unpaired) electrons. The summed E-state index contributed by atoms with van der Waals surface area (Å²) in [5, 5.41) is 0. The number of hydrogen-bond donors (Lipinski definition) is 0. The Bertz CT molecular complexity index is 1160. The number of aromatic nitrogens is 2. The summed E-state index contributed by atoms with van der Waals surface area (Å²) in [6, 6.07) is 16.9. The van der Waals surface area contributed by atoms with Gasteiger partial charge in [-0.3, -0.25) is 0 Å². The van der Waals surface area contributed by atoms with Gasteiger partial charge in [0.1, 0.15) is 11.7 Å². The predicted octanol–water partition coefficient (Wildman–Crippen LogP) is 7.19. The van der Waals surface area contributed by atoms with Crippen molar-refractivity contribution in [2.24, 2.45) is 5.92 Å². The van der Waals surface area contributed by atoms with Crippen molar-refractivity contribution in [3.63, 3.8) is 0 Å².